The van der Waals surface area contributed by atoms with Crippen LogP contribution in [0.25, 0.3) is 22.5 Å². The first kappa shape index (κ1) is 35.1. The molecule has 5 aromatic rings. The third kappa shape index (κ3) is 10.3. The summed E-state index contributed by atoms with van der Waals surface area (Å²) in [5, 5.41) is 8.74. The number of nitrogens with zero attached hydrogens (tertiary/aromatic N) is 3. The number of ether oxygens (including phenoxy) is 1. The van der Waals surface area contributed by atoms with Crippen molar-refractivity contribution in [2.45, 2.75) is 6.92 Å². The molecule has 12 heteroatoms. The minimum absolute atomic E-state index is 0. The van der Waals surface area contributed by atoms with Crippen LogP contribution in [0.1, 0.15) is 17.4 Å². The number of aromatic carboxylic acids is 1. The Bertz CT molecular complexity index is 1640. The molecule has 0 bridgehead atoms. The second-order valence-electron chi connectivity index (χ2n) is 8.34. The molecule has 0 aliphatic heterocycles. The Labute approximate surface area is 263 Å². The number of halogens is 4. The predicted molar refractivity (Wildman–Crippen MR) is 148 cm³/mol. The second-order valence-corrected chi connectivity index (χ2v) is 8.34. The molecule has 0 unspecified atom stereocenters. The number of pyridine rings is 3. The summed E-state index contributed by atoms with van der Waals surface area (Å²) in [5.41, 5.74) is 1.16. The van der Waals surface area contributed by atoms with Gasteiger partial charge in [0.15, 0.2) is 11.4 Å². The van der Waals surface area contributed by atoms with Gasteiger partial charge in [0.25, 0.3) is 0 Å². The van der Waals surface area contributed by atoms with E-state index in [1.54, 1.807) is 48.8 Å². The van der Waals surface area contributed by atoms with Gasteiger partial charge in [0.05, 0.1) is 0 Å². The molecule has 3 heterocycles. The van der Waals surface area contributed by atoms with Crippen LogP contribution in [-0.2, 0) is 24.9 Å². The van der Waals surface area contributed by atoms with Gasteiger partial charge < -0.3 is 19.8 Å². The van der Waals surface area contributed by atoms with Gasteiger partial charge >= 0.3 is 11.9 Å². The minimum Gasteiger partial charge on any atom is -0.476 e. The SMILES string of the molecule is C=C(C)C(=O)Oc1cccnc1C(=O)O.Fc1c[c-]c(-c2ccccn2)c(F)c1.Fc1c[c-]c(-c2ccccn2)c(F)c1.[Ir]. The van der Waals surface area contributed by atoms with Crippen LogP contribution >= 0.6 is 0 Å². The Morgan fingerprint density at radius 1 is 0.773 bits per heavy atom. The zero-order valence-electron chi connectivity index (χ0n) is 22.7. The molecular weight excluding hydrogens is 759 g/mol. The molecule has 44 heavy (non-hydrogen) atoms. The number of carboxylic acid groups (broad SMARTS) is 1. The third-order valence-corrected chi connectivity index (χ3v) is 5.08. The van der Waals surface area contributed by atoms with Crippen LogP contribution < -0.4 is 4.74 Å². The number of carbonyl (C=O) groups excluding carboxylic acids is 1. The molecule has 0 saturated carbocycles. The van der Waals surface area contributed by atoms with E-state index in [-0.39, 0.29) is 48.2 Å². The number of hydrogen-bond donors (Lipinski definition) is 1. The summed E-state index contributed by atoms with van der Waals surface area (Å²) in [5.74, 6) is -4.58. The van der Waals surface area contributed by atoms with E-state index in [1.165, 1.54) is 25.3 Å². The maximum absolute atomic E-state index is 13.2. The fraction of sp³-hybridized carbons (Fsp3) is 0.0312. The Morgan fingerprint density at radius 3 is 1.64 bits per heavy atom. The smallest absolute Gasteiger partial charge is 0.358 e. The molecule has 0 spiro atoms. The van der Waals surface area contributed by atoms with Crippen molar-refractivity contribution in [1.29, 1.82) is 0 Å². The molecule has 0 amide bonds. The number of aromatic nitrogens is 3. The summed E-state index contributed by atoms with van der Waals surface area (Å²) in [6.45, 7) is 4.85. The first-order valence-corrected chi connectivity index (χ1v) is 12.2. The van der Waals surface area contributed by atoms with Crippen molar-refractivity contribution >= 4 is 11.9 Å². The number of rotatable bonds is 5. The number of carboxylic acids is 1. The van der Waals surface area contributed by atoms with E-state index in [0.29, 0.717) is 11.4 Å². The van der Waals surface area contributed by atoms with Gasteiger partial charge in [-0.15, -0.1) is 24.3 Å². The van der Waals surface area contributed by atoms with Crippen molar-refractivity contribution in [3.63, 3.8) is 0 Å². The summed E-state index contributed by atoms with van der Waals surface area (Å²) in [6.07, 6.45) is 4.40. The molecule has 0 atom stereocenters. The van der Waals surface area contributed by atoms with Crippen molar-refractivity contribution in [3.05, 3.63) is 145 Å². The van der Waals surface area contributed by atoms with Crippen LogP contribution in [0.5, 0.6) is 5.75 Å². The molecular formula is C32H21F4IrN3O4-2. The molecule has 1 N–H and O–H groups in total. The van der Waals surface area contributed by atoms with Crippen molar-refractivity contribution < 1.29 is 57.1 Å². The maximum atomic E-state index is 13.2. The normalized spacial score (nSPS) is 9.66. The van der Waals surface area contributed by atoms with Gasteiger partial charge in [0.2, 0.25) is 0 Å². The monoisotopic (exact) mass is 780 g/mol. The fourth-order valence-electron chi connectivity index (χ4n) is 3.12. The average Bonchev–Trinajstić information content (AvgIpc) is 2.99. The molecule has 0 aliphatic rings. The van der Waals surface area contributed by atoms with Gasteiger partial charge in [0.1, 0.15) is 0 Å². The van der Waals surface area contributed by atoms with Crippen LogP contribution in [0.15, 0.2) is 104 Å². The second kappa shape index (κ2) is 17.2. The van der Waals surface area contributed by atoms with E-state index in [0.717, 1.165) is 24.3 Å². The van der Waals surface area contributed by atoms with Gasteiger partial charge in [-0.05, 0) is 42.6 Å². The van der Waals surface area contributed by atoms with Crippen molar-refractivity contribution in [2.24, 2.45) is 0 Å². The summed E-state index contributed by atoms with van der Waals surface area (Å²) < 4.78 is 56.4. The first-order chi connectivity index (χ1) is 20.6. The molecule has 227 valence electrons. The van der Waals surface area contributed by atoms with Crippen LogP contribution in [0.3, 0.4) is 0 Å². The van der Waals surface area contributed by atoms with Gasteiger partial charge in [-0.2, -0.15) is 0 Å². The predicted octanol–water partition coefficient (Wildman–Crippen LogP) is 6.91. The topological polar surface area (TPSA) is 102 Å². The van der Waals surface area contributed by atoms with Gasteiger partial charge in [-0.1, -0.05) is 54.1 Å². The molecule has 0 saturated heterocycles. The Kier molecular flexibility index (Phi) is 13.7. The molecule has 2 aromatic carbocycles. The molecule has 3 aromatic heterocycles. The number of hydrogen-bond acceptors (Lipinski definition) is 6. The van der Waals surface area contributed by atoms with E-state index >= 15 is 0 Å². The maximum Gasteiger partial charge on any atom is 0.358 e. The third-order valence-electron chi connectivity index (χ3n) is 5.08. The standard InChI is InChI=1S/2C11H6F2N.C10H9NO4.Ir/c2*12-8-4-5-9(10(13)7-8)11-3-1-2-6-14-11;1-6(2)10(14)15-7-4-3-5-11-8(7)9(12)13;/h2*1-4,6-7H;3-5H,1H2,2H3,(H,12,13);/q2*-1;;. The van der Waals surface area contributed by atoms with Crippen molar-refractivity contribution in [2.75, 3.05) is 0 Å². The van der Waals surface area contributed by atoms with Gasteiger partial charge in [0, 0.05) is 67.5 Å². The van der Waals surface area contributed by atoms with Crippen LogP contribution in [0.4, 0.5) is 17.6 Å². The first-order valence-electron chi connectivity index (χ1n) is 12.2. The molecule has 5 rings (SSSR count). The van der Waals surface area contributed by atoms with Crippen molar-refractivity contribution in [1.82, 2.24) is 15.0 Å². The summed E-state index contributed by atoms with van der Waals surface area (Å²) in [7, 11) is 0. The quantitative estimate of drug-likeness (QED) is 0.0896. The summed E-state index contributed by atoms with van der Waals surface area (Å²) >= 11 is 0. The summed E-state index contributed by atoms with van der Waals surface area (Å²) in [6, 6.07) is 21.9. The van der Waals surface area contributed by atoms with Crippen LogP contribution in [0, 0.1) is 35.4 Å². The Balaban J connectivity index is 0.000000228. The van der Waals surface area contributed by atoms with E-state index in [1.807, 2.05) is 0 Å². The molecule has 0 aliphatic carbocycles. The Hall–Kier alpha value is -5.06. The zero-order chi connectivity index (χ0) is 31.4. The van der Waals surface area contributed by atoms with E-state index in [4.69, 9.17) is 9.84 Å². The van der Waals surface area contributed by atoms with Gasteiger partial charge in [-0.3, -0.25) is 17.6 Å². The van der Waals surface area contributed by atoms with E-state index in [2.05, 4.69) is 33.7 Å². The van der Waals surface area contributed by atoms with Crippen LogP contribution in [-0.4, -0.2) is 32.0 Å². The largest absolute Gasteiger partial charge is 0.476 e. The molecule has 7 nitrogen and oxygen atoms in total. The van der Waals surface area contributed by atoms with Crippen molar-refractivity contribution in [3.8, 4) is 28.3 Å². The fourth-order valence-corrected chi connectivity index (χ4v) is 3.12. The van der Waals surface area contributed by atoms with Gasteiger partial charge in [-0.25, -0.2) is 14.6 Å². The average molecular weight is 780 g/mol. The number of benzene rings is 2. The minimum atomic E-state index is -1.25. The summed E-state index contributed by atoms with van der Waals surface area (Å²) in [4.78, 5) is 33.3. The molecule has 0 fully saturated rings. The number of esters is 1. The van der Waals surface area contributed by atoms with E-state index < -0.39 is 35.2 Å². The Morgan fingerprint density at radius 2 is 1.25 bits per heavy atom. The number of carbonyl (C=O) groups is 2. The zero-order valence-corrected chi connectivity index (χ0v) is 25.1. The molecule has 1 radical (unpaired) electrons. The van der Waals surface area contributed by atoms with E-state index in [9.17, 15) is 27.2 Å². The van der Waals surface area contributed by atoms with Crippen LogP contribution in [0.2, 0.25) is 0 Å².